The zero-order valence-electron chi connectivity index (χ0n) is 12.0. The standard InChI is InChI=1S/C17H17N3OS/c1-2-11-18-17(22)20-15-10-6-7-13(12-15)16(21)19-14-8-4-3-5-9-14/h2-10,12H,1,11H2,(H,19,21)(H2,18,20,22). The molecule has 0 atom stereocenters. The Morgan fingerprint density at radius 1 is 1.05 bits per heavy atom. The van der Waals surface area contributed by atoms with Crippen LogP contribution >= 0.6 is 12.2 Å². The van der Waals surface area contributed by atoms with Gasteiger partial charge in [-0.05, 0) is 42.5 Å². The van der Waals surface area contributed by atoms with E-state index in [2.05, 4.69) is 22.5 Å². The van der Waals surface area contributed by atoms with E-state index in [1.54, 1.807) is 24.3 Å². The number of hydrogen-bond donors (Lipinski definition) is 3. The summed E-state index contributed by atoms with van der Waals surface area (Å²) in [5, 5.41) is 9.33. The molecule has 0 bridgehead atoms. The average molecular weight is 311 g/mol. The van der Waals surface area contributed by atoms with Crippen LogP contribution in [0.2, 0.25) is 0 Å². The molecule has 4 nitrogen and oxygen atoms in total. The summed E-state index contributed by atoms with van der Waals surface area (Å²) in [6.45, 7) is 4.20. The van der Waals surface area contributed by atoms with E-state index in [4.69, 9.17) is 12.2 Å². The van der Waals surface area contributed by atoms with Crippen LogP contribution in [0.5, 0.6) is 0 Å². The molecule has 2 aromatic carbocycles. The van der Waals surface area contributed by atoms with Crippen molar-refractivity contribution >= 4 is 34.6 Å². The summed E-state index contributed by atoms with van der Waals surface area (Å²) in [6, 6.07) is 16.5. The lowest BCUT2D eigenvalue weighted by molar-refractivity contribution is 0.102. The van der Waals surface area contributed by atoms with Gasteiger partial charge in [-0.15, -0.1) is 6.58 Å². The number of anilines is 2. The van der Waals surface area contributed by atoms with Crippen LogP contribution in [-0.4, -0.2) is 17.6 Å². The highest BCUT2D eigenvalue weighted by atomic mass is 32.1. The quantitative estimate of drug-likeness (QED) is 0.585. The zero-order chi connectivity index (χ0) is 15.8. The third-order valence-electron chi connectivity index (χ3n) is 2.82. The highest BCUT2D eigenvalue weighted by molar-refractivity contribution is 7.80. The molecule has 2 rings (SSSR count). The highest BCUT2D eigenvalue weighted by Crippen LogP contribution is 2.13. The fraction of sp³-hybridized carbons (Fsp3) is 0.0588. The van der Waals surface area contributed by atoms with Crippen LogP contribution in [0.25, 0.3) is 0 Å². The monoisotopic (exact) mass is 311 g/mol. The van der Waals surface area contributed by atoms with Crippen LogP contribution in [0.1, 0.15) is 10.4 Å². The number of benzene rings is 2. The summed E-state index contributed by atoms with van der Waals surface area (Å²) in [5.74, 6) is -0.167. The fourth-order valence-corrected chi connectivity index (χ4v) is 2.00. The van der Waals surface area contributed by atoms with Gasteiger partial charge >= 0.3 is 0 Å². The molecule has 3 N–H and O–H groups in total. The number of thiocarbonyl (C=S) groups is 1. The molecule has 0 unspecified atom stereocenters. The van der Waals surface area contributed by atoms with E-state index in [0.29, 0.717) is 17.2 Å². The van der Waals surface area contributed by atoms with Crippen LogP contribution in [-0.2, 0) is 0 Å². The topological polar surface area (TPSA) is 53.2 Å². The maximum Gasteiger partial charge on any atom is 0.255 e. The summed E-state index contributed by atoms with van der Waals surface area (Å²) in [4.78, 5) is 12.2. The van der Waals surface area contributed by atoms with Crippen molar-refractivity contribution in [1.29, 1.82) is 0 Å². The Kier molecular flexibility index (Phi) is 5.68. The normalized spacial score (nSPS) is 9.64. The number of para-hydroxylation sites is 1. The van der Waals surface area contributed by atoms with Crippen molar-refractivity contribution in [3.8, 4) is 0 Å². The Hall–Kier alpha value is -2.66. The molecule has 112 valence electrons. The van der Waals surface area contributed by atoms with Crippen LogP contribution in [0.3, 0.4) is 0 Å². The van der Waals surface area contributed by atoms with Gasteiger partial charge in [-0.3, -0.25) is 4.79 Å². The van der Waals surface area contributed by atoms with Gasteiger partial charge in [0.15, 0.2) is 5.11 Å². The highest BCUT2D eigenvalue weighted by Gasteiger charge is 2.07. The first-order valence-electron chi connectivity index (χ1n) is 6.81. The van der Waals surface area contributed by atoms with E-state index in [-0.39, 0.29) is 5.91 Å². The smallest absolute Gasteiger partial charge is 0.255 e. The molecule has 0 aliphatic rings. The lowest BCUT2D eigenvalue weighted by Crippen LogP contribution is -2.28. The zero-order valence-corrected chi connectivity index (χ0v) is 12.8. The van der Waals surface area contributed by atoms with Gasteiger partial charge in [-0.1, -0.05) is 30.3 Å². The molecular formula is C17H17N3OS. The van der Waals surface area contributed by atoms with Crippen molar-refractivity contribution in [2.24, 2.45) is 0 Å². The summed E-state index contributed by atoms with van der Waals surface area (Å²) in [6.07, 6.45) is 1.72. The average Bonchev–Trinajstić information content (AvgIpc) is 2.54. The lowest BCUT2D eigenvalue weighted by atomic mass is 10.2. The molecule has 0 aliphatic heterocycles. The molecule has 2 aromatic rings. The first kappa shape index (κ1) is 15.7. The van der Waals surface area contributed by atoms with E-state index in [1.807, 2.05) is 36.4 Å². The third-order valence-corrected chi connectivity index (χ3v) is 3.07. The largest absolute Gasteiger partial charge is 0.359 e. The maximum absolute atomic E-state index is 12.2. The lowest BCUT2D eigenvalue weighted by Gasteiger charge is -2.10. The molecule has 0 radical (unpaired) electrons. The number of nitrogens with one attached hydrogen (secondary N) is 3. The molecule has 0 fully saturated rings. The van der Waals surface area contributed by atoms with Crippen molar-refractivity contribution in [3.63, 3.8) is 0 Å². The van der Waals surface area contributed by atoms with Gasteiger partial charge in [0.2, 0.25) is 0 Å². The molecule has 0 aliphatic carbocycles. The minimum Gasteiger partial charge on any atom is -0.359 e. The van der Waals surface area contributed by atoms with Gasteiger partial charge in [0.1, 0.15) is 0 Å². The van der Waals surface area contributed by atoms with Crippen molar-refractivity contribution < 1.29 is 4.79 Å². The Labute approximate surface area is 135 Å². The predicted molar refractivity (Wildman–Crippen MR) is 95.3 cm³/mol. The van der Waals surface area contributed by atoms with Crippen LogP contribution in [0, 0.1) is 0 Å². The Balaban J connectivity index is 2.03. The van der Waals surface area contributed by atoms with Crippen LogP contribution < -0.4 is 16.0 Å². The second-order valence-corrected chi connectivity index (χ2v) is 4.93. The number of rotatable bonds is 5. The van der Waals surface area contributed by atoms with E-state index in [0.717, 1.165) is 11.4 Å². The summed E-state index contributed by atoms with van der Waals surface area (Å²) in [5.41, 5.74) is 2.07. The van der Waals surface area contributed by atoms with Crippen molar-refractivity contribution in [3.05, 3.63) is 72.8 Å². The number of amides is 1. The minimum absolute atomic E-state index is 0.167. The van der Waals surface area contributed by atoms with E-state index in [9.17, 15) is 4.79 Å². The molecule has 1 amide bonds. The van der Waals surface area contributed by atoms with Crippen molar-refractivity contribution in [1.82, 2.24) is 5.32 Å². The molecule has 0 saturated heterocycles. The Bertz CT molecular complexity index is 671. The molecular weight excluding hydrogens is 294 g/mol. The maximum atomic E-state index is 12.2. The Morgan fingerprint density at radius 3 is 2.50 bits per heavy atom. The van der Waals surface area contributed by atoms with Crippen LogP contribution in [0.4, 0.5) is 11.4 Å². The summed E-state index contributed by atoms with van der Waals surface area (Å²) in [7, 11) is 0. The third kappa shape index (κ3) is 4.71. The van der Waals surface area contributed by atoms with Crippen molar-refractivity contribution in [2.45, 2.75) is 0 Å². The van der Waals surface area contributed by atoms with Gasteiger partial charge in [-0.25, -0.2) is 0 Å². The predicted octanol–water partition coefficient (Wildman–Crippen LogP) is 3.41. The SMILES string of the molecule is C=CCNC(=S)Nc1cccc(C(=O)Nc2ccccc2)c1. The fourth-order valence-electron chi connectivity index (χ4n) is 1.80. The minimum atomic E-state index is -0.167. The summed E-state index contributed by atoms with van der Waals surface area (Å²) < 4.78 is 0. The van der Waals surface area contributed by atoms with Gasteiger partial charge in [0.25, 0.3) is 5.91 Å². The Morgan fingerprint density at radius 2 is 1.77 bits per heavy atom. The molecule has 0 aromatic heterocycles. The van der Waals surface area contributed by atoms with Crippen LogP contribution in [0.15, 0.2) is 67.3 Å². The van der Waals surface area contributed by atoms with E-state index >= 15 is 0 Å². The number of carbonyl (C=O) groups excluding carboxylic acids is 1. The summed E-state index contributed by atoms with van der Waals surface area (Å²) >= 11 is 5.14. The van der Waals surface area contributed by atoms with Gasteiger partial charge in [0, 0.05) is 23.5 Å². The first-order valence-corrected chi connectivity index (χ1v) is 7.22. The van der Waals surface area contributed by atoms with E-state index in [1.165, 1.54) is 0 Å². The first-order chi connectivity index (χ1) is 10.7. The number of carbonyl (C=O) groups is 1. The molecule has 22 heavy (non-hydrogen) atoms. The molecule has 0 spiro atoms. The molecule has 5 heteroatoms. The second-order valence-electron chi connectivity index (χ2n) is 4.52. The van der Waals surface area contributed by atoms with Gasteiger partial charge in [-0.2, -0.15) is 0 Å². The van der Waals surface area contributed by atoms with Gasteiger partial charge in [0.05, 0.1) is 0 Å². The number of hydrogen-bond acceptors (Lipinski definition) is 2. The van der Waals surface area contributed by atoms with Crippen molar-refractivity contribution in [2.75, 3.05) is 17.2 Å². The van der Waals surface area contributed by atoms with Gasteiger partial charge < -0.3 is 16.0 Å². The second kappa shape index (κ2) is 7.95. The molecule has 0 heterocycles. The molecule has 0 saturated carbocycles. The van der Waals surface area contributed by atoms with E-state index < -0.39 is 0 Å².